The maximum atomic E-state index is 11.5. The fourth-order valence-corrected chi connectivity index (χ4v) is 1.46. The molecule has 3 N–H and O–H groups in total. The Hall–Kier alpha value is -2.14. The normalized spacial score (nSPS) is 12.3. The topological polar surface area (TPSA) is 86.6 Å². The first kappa shape index (κ1) is 14.9. The molecule has 0 aliphatic rings. The summed E-state index contributed by atoms with van der Waals surface area (Å²) >= 11 is 0. The third-order valence-corrected chi connectivity index (χ3v) is 2.54. The van der Waals surface area contributed by atoms with Gasteiger partial charge in [0.1, 0.15) is 6.04 Å². The van der Waals surface area contributed by atoms with Gasteiger partial charge in [0.25, 0.3) is 0 Å². The molecule has 1 unspecified atom stereocenters. The van der Waals surface area contributed by atoms with Crippen molar-refractivity contribution >= 4 is 18.0 Å². The highest BCUT2D eigenvalue weighted by atomic mass is 16.4. The number of carbonyl (C=O) groups excluding carboxylic acids is 1. The van der Waals surface area contributed by atoms with Crippen molar-refractivity contribution < 1.29 is 19.8 Å². The second kappa shape index (κ2) is 7.33. The summed E-state index contributed by atoms with van der Waals surface area (Å²) in [4.78, 5) is 22.3. The van der Waals surface area contributed by atoms with E-state index < -0.39 is 17.9 Å². The molecule has 0 aliphatic carbocycles. The maximum Gasteiger partial charge on any atom is 0.326 e. The Kier molecular flexibility index (Phi) is 5.75. The van der Waals surface area contributed by atoms with Gasteiger partial charge in [-0.2, -0.15) is 0 Å². The number of aliphatic carboxylic acids is 1. The highest BCUT2D eigenvalue weighted by molar-refractivity contribution is 5.94. The molecule has 0 bridgehead atoms. The molecule has 0 aromatic heterocycles. The van der Waals surface area contributed by atoms with Crippen LogP contribution < -0.4 is 5.32 Å². The summed E-state index contributed by atoms with van der Waals surface area (Å²) in [6.45, 7) is 1.67. The molecule has 5 nitrogen and oxygen atoms in total. The van der Waals surface area contributed by atoms with Gasteiger partial charge in [-0.1, -0.05) is 29.8 Å². The molecule has 1 aromatic carbocycles. The van der Waals surface area contributed by atoms with Crippen LogP contribution in [-0.2, 0) is 9.59 Å². The maximum absolute atomic E-state index is 11.5. The van der Waals surface area contributed by atoms with Crippen LogP contribution in [0.1, 0.15) is 17.5 Å². The molecule has 0 aliphatic heterocycles. The number of aliphatic hydroxyl groups is 1. The predicted molar refractivity (Wildman–Crippen MR) is 71.5 cm³/mol. The number of carbonyl (C=O) groups is 2. The van der Waals surface area contributed by atoms with Gasteiger partial charge >= 0.3 is 5.97 Å². The fourth-order valence-electron chi connectivity index (χ4n) is 1.46. The fraction of sp³-hybridized carbons (Fsp3) is 0.286. The Bertz CT molecular complexity index is 465. The van der Waals surface area contributed by atoms with Gasteiger partial charge in [0.2, 0.25) is 5.91 Å². The first-order valence-corrected chi connectivity index (χ1v) is 5.92. The first-order chi connectivity index (χ1) is 9.02. The molecular formula is C14H17NO4. The number of aryl methyl sites for hydroxylation is 1. The zero-order chi connectivity index (χ0) is 14.3. The smallest absolute Gasteiger partial charge is 0.326 e. The van der Waals surface area contributed by atoms with Crippen LogP contribution >= 0.6 is 0 Å². The van der Waals surface area contributed by atoms with Crippen LogP contribution in [0.2, 0.25) is 0 Å². The lowest BCUT2D eigenvalue weighted by atomic mass is 10.1. The Morgan fingerprint density at radius 3 is 2.47 bits per heavy atom. The Morgan fingerprint density at radius 1 is 1.32 bits per heavy atom. The number of aliphatic hydroxyl groups excluding tert-OH is 1. The summed E-state index contributed by atoms with van der Waals surface area (Å²) in [5, 5.41) is 19.8. The summed E-state index contributed by atoms with van der Waals surface area (Å²) in [5.74, 6) is -1.66. The second-order valence-corrected chi connectivity index (χ2v) is 4.16. The van der Waals surface area contributed by atoms with E-state index >= 15 is 0 Å². The third-order valence-electron chi connectivity index (χ3n) is 2.54. The Labute approximate surface area is 111 Å². The quantitative estimate of drug-likeness (QED) is 0.667. The van der Waals surface area contributed by atoms with Crippen LogP contribution in [0.25, 0.3) is 6.08 Å². The van der Waals surface area contributed by atoms with Crippen molar-refractivity contribution in [2.24, 2.45) is 0 Å². The van der Waals surface area contributed by atoms with Gasteiger partial charge < -0.3 is 15.5 Å². The van der Waals surface area contributed by atoms with Gasteiger partial charge in [-0.05, 0) is 18.6 Å². The Balaban J connectivity index is 2.58. The molecule has 0 saturated carbocycles. The van der Waals surface area contributed by atoms with E-state index in [4.69, 9.17) is 10.2 Å². The molecule has 1 rings (SSSR count). The van der Waals surface area contributed by atoms with E-state index in [9.17, 15) is 9.59 Å². The van der Waals surface area contributed by atoms with Gasteiger partial charge in [-0.3, -0.25) is 4.79 Å². The minimum absolute atomic E-state index is 0.0144. The summed E-state index contributed by atoms with van der Waals surface area (Å²) in [7, 11) is 0. The largest absolute Gasteiger partial charge is 0.480 e. The van der Waals surface area contributed by atoms with E-state index in [1.165, 1.54) is 6.08 Å². The molecule has 1 aromatic rings. The van der Waals surface area contributed by atoms with Crippen LogP contribution in [0.4, 0.5) is 0 Å². The lowest BCUT2D eigenvalue weighted by Crippen LogP contribution is -2.40. The zero-order valence-corrected chi connectivity index (χ0v) is 10.7. The van der Waals surface area contributed by atoms with Gasteiger partial charge in [-0.25, -0.2) is 4.79 Å². The van der Waals surface area contributed by atoms with Crippen molar-refractivity contribution in [3.05, 3.63) is 41.5 Å². The van der Waals surface area contributed by atoms with E-state index in [-0.39, 0.29) is 13.0 Å². The van der Waals surface area contributed by atoms with Crippen LogP contribution in [0.5, 0.6) is 0 Å². The lowest BCUT2D eigenvalue weighted by molar-refractivity contribution is -0.141. The lowest BCUT2D eigenvalue weighted by Gasteiger charge is -2.11. The van der Waals surface area contributed by atoms with Gasteiger partial charge in [0.05, 0.1) is 0 Å². The third kappa shape index (κ3) is 5.35. The summed E-state index contributed by atoms with van der Waals surface area (Å²) in [6.07, 6.45) is 2.87. The van der Waals surface area contributed by atoms with Crippen LogP contribution in [0.3, 0.4) is 0 Å². The van der Waals surface area contributed by atoms with Crippen molar-refractivity contribution in [2.45, 2.75) is 19.4 Å². The standard InChI is InChI=1S/C14H17NO4/c1-10-2-4-11(5-3-10)6-7-13(17)15-12(8-9-16)14(18)19/h2-7,12,16H,8-9H2,1H3,(H,15,17)(H,18,19)/b7-6+. The molecule has 102 valence electrons. The molecule has 1 atom stereocenters. The van der Waals surface area contributed by atoms with E-state index in [1.807, 2.05) is 31.2 Å². The molecule has 0 fully saturated rings. The number of rotatable bonds is 6. The van der Waals surface area contributed by atoms with Crippen molar-refractivity contribution in [3.8, 4) is 0 Å². The predicted octanol–water partition coefficient (Wildman–Crippen LogP) is 0.960. The molecule has 0 spiro atoms. The van der Waals surface area contributed by atoms with Crippen molar-refractivity contribution in [1.82, 2.24) is 5.32 Å². The molecule has 0 heterocycles. The average molecular weight is 263 g/mol. The summed E-state index contributed by atoms with van der Waals surface area (Å²) in [6, 6.07) is 6.50. The highest BCUT2D eigenvalue weighted by Gasteiger charge is 2.17. The van der Waals surface area contributed by atoms with Gasteiger partial charge in [0, 0.05) is 19.1 Å². The SMILES string of the molecule is Cc1ccc(/C=C/C(=O)NC(CCO)C(=O)O)cc1. The summed E-state index contributed by atoms with van der Waals surface area (Å²) in [5.41, 5.74) is 1.98. The number of amides is 1. The van der Waals surface area contributed by atoms with Gasteiger partial charge in [-0.15, -0.1) is 0 Å². The zero-order valence-electron chi connectivity index (χ0n) is 10.7. The number of benzene rings is 1. The molecule has 5 heteroatoms. The summed E-state index contributed by atoms with van der Waals surface area (Å²) < 4.78 is 0. The number of hydrogen-bond donors (Lipinski definition) is 3. The van der Waals surface area contributed by atoms with Crippen LogP contribution in [0, 0.1) is 6.92 Å². The average Bonchev–Trinajstić information content (AvgIpc) is 2.37. The minimum atomic E-state index is -1.16. The Morgan fingerprint density at radius 2 is 1.95 bits per heavy atom. The number of carboxylic acids is 1. The molecule has 19 heavy (non-hydrogen) atoms. The van der Waals surface area contributed by atoms with E-state index in [2.05, 4.69) is 5.32 Å². The molecule has 1 amide bonds. The molecule has 0 radical (unpaired) electrons. The number of carboxylic acid groups (broad SMARTS) is 1. The number of nitrogens with one attached hydrogen (secondary N) is 1. The first-order valence-electron chi connectivity index (χ1n) is 5.92. The molecular weight excluding hydrogens is 246 g/mol. The monoisotopic (exact) mass is 263 g/mol. The van der Waals surface area contributed by atoms with Crippen molar-refractivity contribution in [3.63, 3.8) is 0 Å². The van der Waals surface area contributed by atoms with E-state index in [1.54, 1.807) is 6.08 Å². The van der Waals surface area contributed by atoms with E-state index in [0.717, 1.165) is 11.1 Å². The second-order valence-electron chi connectivity index (χ2n) is 4.16. The molecule has 0 saturated heterocycles. The minimum Gasteiger partial charge on any atom is -0.480 e. The van der Waals surface area contributed by atoms with E-state index in [0.29, 0.717) is 0 Å². The van der Waals surface area contributed by atoms with Crippen molar-refractivity contribution in [1.29, 1.82) is 0 Å². The van der Waals surface area contributed by atoms with Crippen molar-refractivity contribution in [2.75, 3.05) is 6.61 Å². The van der Waals surface area contributed by atoms with Gasteiger partial charge in [0.15, 0.2) is 0 Å². The van der Waals surface area contributed by atoms with Crippen LogP contribution in [0.15, 0.2) is 30.3 Å². The highest BCUT2D eigenvalue weighted by Crippen LogP contribution is 2.04. The number of hydrogen-bond acceptors (Lipinski definition) is 3. The van der Waals surface area contributed by atoms with Crippen LogP contribution in [-0.4, -0.2) is 34.7 Å².